The molecule has 0 aliphatic heterocycles. The van der Waals surface area contributed by atoms with E-state index in [0.717, 1.165) is 54.6 Å². The van der Waals surface area contributed by atoms with Crippen LogP contribution in [-0.2, 0) is 0 Å². The van der Waals surface area contributed by atoms with Crippen LogP contribution < -0.4 is 4.90 Å². The Kier molecular flexibility index (Phi) is 6.79. The molecule has 1 nitrogen and oxygen atoms in total. The lowest BCUT2D eigenvalue weighted by molar-refractivity contribution is 1.28. The van der Waals surface area contributed by atoms with Gasteiger partial charge in [0.2, 0.25) is 0 Å². The molecule has 0 saturated carbocycles. The highest BCUT2D eigenvalue weighted by Gasteiger charge is 2.15. The van der Waals surface area contributed by atoms with Gasteiger partial charge < -0.3 is 4.90 Å². The first-order valence-electron chi connectivity index (χ1n) is 29.4. The third-order valence-corrected chi connectivity index (χ3v) is 11.1. The van der Waals surface area contributed by atoms with Crippen molar-refractivity contribution in [3.05, 3.63) is 273 Å². The molecule has 0 bridgehead atoms. The summed E-state index contributed by atoms with van der Waals surface area (Å²) in [6, 6.07) is 40.9. The lowest BCUT2D eigenvalue weighted by Gasteiger charge is -2.26. The van der Waals surface area contributed by atoms with Crippen molar-refractivity contribution in [2.45, 2.75) is 0 Å². The zero-order valence-electron chi connectivity index (χ0n) is 51.6. The number of nitrogens with zero attached hydrogens (tertiary/aromatic N) is 1. The van der Waals surface area contributed by atoms with E-state index in [4.69, 9.17) is 12.3 Å². The first-order chi connectivity index (χ1) is 39.3. The molecule has 0 spiro atoms. The van der Waals surface area contributed by atoms with Gasteiger partial charge >= 0.3 is 0 Å². The van der Waals surface area contributed by atoms with Crippen LogP contribution in [0.15, 0.2) is 273 Å². The highest BCUT2D eigenvalue weighted by Crippen LogP contribution is 2.40. The number of hydrogen-bond donors (Lipinski definition) is 0. The number of rotatable bonds is 10. The Balaban J connectivity index is 1.11. The predicted molar refractivity (Wildman–Crippen MR) is 277 cm³/mol. The predicted octanol–water partition coefficient (Wildman–Crippen LogP) is 18.0. The van der Waals surface area contributed by atoms with Crippen LogP contribution in [0.5, 0.6) is 0 Å². The molecule has 0 amide bonds. The van der Waals surface area contributed by atoms with Crippen molar-refractivity contribution in [3.8, 4) is 77.9 Å². The maximum absolute atomic E-state index is 9.73. The van der Waals surface area contributed by atoms with Gasteiger partial charge in [-0.1, -0.05) is 206 Å². The van der Waals surface area contributed by atoms with E-state index in [-0.39, 0.29) is 11.3 Å². The van der Waals surface area contributed by atoms with Crippen LogP contribution in [0.2, 0.25) is 0 Å². The Morgan fingerprint density at radius 1 is 0.215 bits per heavy atom. The maximum Gasteiger partial charge on any atom is 0.0645 e. The van der Waals surface area contributed by atoms with E-state index >= 15 is 0 Å². The van der Waals surface area contributed by atoms with Crippen LogP contribution in [0.1, 0.15) is 23.3 Å². The smallest absolute Gasteiger partial charge is 0.0645 e. The molecule has 0 radical (unpaired) electrons. The van der Waals surface area contributed by atoms with Gasteiger partial charge in [0.25, 0.3) is 0 Å². The van der Waals surface area contributed by atoms with Crippen LogP contribution >= 0.6 is 0 Å². The fraction of sp³-hybridized carbons (Fsp3) is 0. The molecule has 1 heteroatoms. The molecule has 0 heterocycles. The summed E-state index contributed by atoms with van der Waals surface area (Å²) in [4.78, 5) is 1.14. The lowest BCUT2D eigenvalue weighted by Crippen LogP contribution is -2.09. The highest BCUT2D eigenvalue weighted by molar-refractivity contribution is 5.89. The van der Waals surface area contributed by atoms with E-state index in [1.54, 1.807) is 42.5 Å². The molecule has 0 atom stereocenters. The zero-order chi connectivity index (χ0) is 58.2. The summed E-state index contributed by atoms with van der Waals surface area (Å²) < 4.78 is 155. The molecular formula is C64H45N. The lowest BCUT2D eigenvalue weighted by atomic mass is 9.93. The SMILES string of the molecule is [2H]c1c([2H])c([2H])c(-c2c([2H])c([2H])c(-c3c([2H])c([2H])c(N(c4ccc(-c5cc(-c6ccccc6)cc(-c6ccccc6)c5)cc4)c4c([2H])c([2H])c(-c5cccc(-c6ccc7ccccc7c6)c5)c([2H])c4[2H])c([2H])c3[2H])c([2H])c2[2H])c([2H])c1[2H]. The van der Waals surface area contributed by atoms with Gasteiger partial charge in [-0.15, -0.1) is 0 Å². The maximum atomic E-state index is 9.73. The van der Waals surface area contributed by atoms with Crippen molar-refractivity contribution in [3.63, 3.8) is 0 Å². The fourth-order valence-electron chi connectivity index (χ4n) is 7.83. The van der Waals surface area contributed by atoms with Gasteiger partial charge in [0.15, 0.2) is 0 Å². The van der Waals surface area contributed by atoms with Crippen molar-refractivity contribution < 1.29 is 23.3 Å². The molecule has 0 saturated heterocycles. The third kappa shape index (κ3) is 8.40. The molecule has 0 N–H and O–H groups in total. The Morgan fingerprint density at radius 3 is 1.12 bits per heavy atom. The van der Waals surface area contributed by atoms with Crippen LogP contribution in [0.25, 0.3) is 88.7 Å². The van der Waals surface area contributed by atoms with Gasteiger partial charge in [-0.25, -0.2) is 0 Å². The minimum Gasteiger partial charge on any atom is -0.311 e. The summed E-state index contributed by atoms with van der Waals surface area (Å²) in [5.74, 6) is 0. The first kappa shape index (κ1) is 24.9. The summed E-state index contributed by atoms with van der Waals surface area (Å²) in [5.41, 5.74) is 3.89. The largest absolute Gasteiger partial charge is 0.311 e. The van der Waals surface area contributed by atoms with Gasteiger partial charge in [0.1, 0.15) is 0 Å². The van der Waals surface area contributed by atoms with Crippen LogP contribution in [0.4, 0.5) is 17.1 Å². The zero-order valence-corrected chi connectivity index (χ0v) is 34.6. The highest BCUT2D eigenvalue weighted by atomic mass is 15.1. The van der Waals surface area contributed by atoms with Gasteiger partial charge in [-0.05, 0) is 155 Å². The summed E-state index contributed by atoms with van der Waals surface area (Å²) in [5, 5.41) is 2.04. The molecule has 0 fully saturated rings. The molecule has 11 rings (SSSR count). The topological polar surface area (TPSA) is 3.24 Å². The third-order valence-electron chi connectivity index (χ3n) is 11.1. The van der Waals surface area contributed by atoms with Gasteiger partial charge in [0, 0.05) is 17.1 Å². The average molecular weight is 845 g/mol. The quantitative estimate of drug-likeness (QED) is 0.133. The second-order valence-electron chi connectivity index (χ2n) is 15.3. The monoisotopic (exact) mass is 844 g/mol. The average Bonchev–Trinajstić information content (AvgIpc) is 3.42. The molecule has 0 aromatic heterocycles. The number of benzene rings is 11. The summed E-state index contributed by atoms with van der Waals surface area (Å²) in [6.07, 6.45) is 0. The summed E-state index contributed by atoms with van der Waals surface area (Å²) in [6.45, 7) is 0. The van der Waals surface area contributed by atoms with E-state index in [1.807, 2.05) is 121 Å². The minimum atomic E-state index is -0.879. The molecule has 0 aliphatic carbocycles. The van der Waals surface area contributed by atoms with Crippen LogP contribution in [-0.4, -0.2) is 0 Å². The number of fused-ring (bicyclic) bond motifs is 1. The van der Waals surface area contributed by atoms with Crippen molar-refractivity contribution in [1.29, 1.82) is 0 Å². The van der Waals surface area contributed by atoms with E-state index in [9.17, 15) is 11.0 Å². The van der Waals surface area contributed by atoms with Gasteiger partial charge in [-0.2, -0.15) is 0 Å². The number of hydrogen-bond acceptors (Lipinski definition) is 1. The standard InChI is InChI=1S/C64H45N/c1-4-13-46(14-5-1)50-23-25-51(26-24-50)52-29-35-62(36-30-52)65(63-37-31-53(32-38-63)56-21-12-22-57(41-56)58-28-27-49-19-10-11-20-55(49)42-58)64-39-33-54(34-40-64)61-44-59(47-15-6-2-7-16-47)43-60(45-61)48-17-8-3-9-18-48/h1-45H/i1D,4D,5D,13D,14D,23D,24D,25D,26D,29D,30D,31D,32D,35D,36D,37D,38D. The Bertz CT molecular complexity index is 4240. The molecule has 0 unspecified atom stereocenters. The molecule has 0 aliphatic rings. The second kappa shape index (κ2) is 17.7. The summed E-state index contributed by atoms with van der Waals surface area (Å²) >= 11 is 0. The Hall–Kier alpha value is -8.52. The van der Waals surface area contributed by atoms with Crippen molar-refractivity contribution >= 4 is 27.8 Å². The van der Waals surface area contributed by atoms with Crippen LogP contribution in [0.3, 0.4) is 0 Å². The molecule has 11 aromatic rings. The minimum absolute atomic E-state index is 0.0329. The van der Waals surface area contributed by atoms with E-state index in [2.05, 4.69) is 6.07 Å². The Labute approximate surface area is 405 Å². The number of anilines is 3. The fourth-order valence-corrected chi connectivity index (χ4v) is 7.83. The van der Waals surface area contributed by atoms with E-state index in [1.165, 1.54) is 0 Å². The van der Waals surface area contributed by atoms with Crippen LogP contribution in [0, 0.1) is 0 Å². The van der Waals surface area contributed by atoms with E-state index in [0.29, 0.717) is 11.1 Å². The molecule has 65 heavy (non-hydrogen) atoms. The van der Waals surface area contributed by atoms with E-state index < -0.39 is 136 Å². The first-order valence-corrected chi connectivity index (χ1v) is 20.9. The second-order valence-corrected chi connectivity index (χ2v) is 15.3. The molecule has 11 aromatic carbocycles. The summed E-state index contributed by atoms with van der Waals surface area (Å²) in [7, 11) is 0. The Morgan fingerprint density at radius 2 is 0.585 bits per heavy atom. The van der Waals surface area contributed by atoms with Gasteiger partial charge in [-0.3, -0.25) is 0 Å². The normalized spacial score (nSPS) is 14.7. The van der Waals surface area contributed by atoms with Crippen molar-refractivity contribution in [1.82, 2.24) is 0 Å². The molecule has 306 valence electrons. The van der Waals surface area contributed by atoms with Crippen molar-refractivity contribution in [2.75, 3.05) is 4.90 Å². The molecular weight excluding hydrogens is 783 g/mol. The van der Waals surface area contributed by atoms with Gasteiger partial charge in [0.05, 0.1) is 23.3 Å². The van der Waals surface area contributed by atoms with Crippen molar-refractivity contribution in [2.24, 2.45) is 0 Å².